The lowest BCUT2D eigenvalue weighted by atomic mass is 9.89. The van der Waals surface area contributed by atoms with E-state index in [4.69, 9.17) is 5.11 Å². The van der Waals surface area contributed by atoms with Gasteiger partial charge in [0.15, 0.2) is 0 Å². The van der Waals surface area contributed by atoms with Gasteiger partial charge in [0.2, 0.25) is 0 Å². The Kier molecular flexibility index (Phi) is 2.49. The number of aliphatic carboxylic acids is 1. The first-order valence-electron chi connectivity index (χ1n) is 5.16. The van der Waals surface area contributed by atoms with Crippen LogP contribution in [0.1, 0.15) is 28.3 Å². The average molecular weight is 205 g/mol. The van der Waals surface area contributed by atoms with Crippen LogP contribution in [0.5, 0.6) is 0 Å². The molecule has 0 saturated carbocycles. The third-order valence-corrected chi connectivity index (χ3v) is 2.90. The van der Waals surface area contributed by atoms with Gasteiger partial charge in [0.25, 0.3) is 0 Å². The van der Waals surface area contributed by atoms with Crippen LogP contribution in [0.25, 0.3) is 0 Å². The zero-order valence-corrected chi connectivity index (χ0v) is 9.00. The van der Waals surface area contributed by atoms with Crippen molar-refractivity contribution in [2.24, 2.45) is 0 Å². The van der Waals surface area contributed by atoms with Crippen molar-refractivity contribution in [1.82, 2.24) is 5.32 Å². The third kappa shape index (κ3) is 1.75. The van der Waals surface area contributed by atoms with E-state index < -0.39 is 12.0 Å². The fourth-order valence-corrected chi connectivity index (χ4v) is 2.35. The van der Waals surface area contributed by atoms with Gasteiger partial charge >= 0.3 is 5.97 Å². The van der Waals surface area contributed by atoms with Crippen molar-refractivity contribution in [3.63, 3.8) is 0 Å². The average Bonchev–Trinajstić information content (AvgIpc) is 2.16. The molecule has 0 fully saturated rings. The summed E-state index contributed by atoms with van der Waals surface area (Å²) in [7, 11) is 0. The first-order valence-corrected chi connectivity index (χ1v) is 5.16. The van der Waals surface area contributed by atoms with Crippen molar-refractivity contribution >= 4 is 5.97 Å². The lowest BCUT2D eigenvalue weighted by Gasteiger charge is -2.26. The summed E-state index contributed by atoms with van der Waals surface area (Å²) in [4.78, 5) is 11.1. The Morgan fingerprint density at radius 2 is 2.20 bits per heavy atom. The Balaban J connectivity index is 2.55. The predicted molar refractivity (Wildman–Crippen MR) is 58.0 cm³/mol. The van der Waals surface area contributed by atoms with Gasteiger partial charge in [-0.1, -0.05) is 17.7 Å². The summed E-state index contributed by atoms with van der Waals surface area (Å²) in [6.45, 7) is 4.77. The van der Waals surface area contributed by atoms with Crippen LogP contribution < -0.4 is 5.32 Å². The zero-order chi connectivity index (χ0) is 11.0. The van der Waals surface area contributed by atoms with Crippen LogP contribution in [0.2, 0.25) is 0 Å². The minimum Gasteiger partial charge on any atom is -0.480 e. The van der Waals surface area contributed by atoms with Gasteiger partial charge in [0.1, 0.15) is 6.04 Å². The van der Waals surface area contributed by atoms with Gasteiger partial charge in [-0.2, -0.15) is 0 Å². The number of carboxylic acids is 1. The smallest absolute Gasteiger partial charge is 0.325 e. The van der Waals surface area contributed by atoms with Gasteiger partial charge in [-0.05, 0) is 37.0 Å². The highest BCUT2D eigenvalue weighted by atomic mass is 16.4. The molecule has 1 atom stereocenters. The number of fused-ring (bicyclic) bond motifs is 1. The monoisotopic (exact) mass is 205 g/mol. The minimum absolute atomic E-state index is 0.533. The van der Waals surface area contributed by atoms with E-state index in [0.717, 1.165) is 24.1 Å². The molecule has 2 N–H and O–H groups in total. The lowest BCUT2D eigenvalue weighted by Crippen LogP contribution is -2.35. The molecule has 0 radical (unpaired) electrons. The number of carboxylic acid groups (broad SMARTS) is 1. The van der Waals surface area contributed by atoms with Crippen LogP contribution in [0.4, 0.5) is 0 Å². The number of nitrogens with one attached hydrogen (secondary N) is 1. The second-order valence-corrected chi connectivity index (χ2v) is 4.13. The van der Waals surface area contributed by atoms with E-state index in [9.17, 15) is 4.79 Å². The molecule has 15 heavy (non-hydrogen) atoms. The van der Waals surface area contributed by atoms with Crippen LogP contribution >= 0.6 is 0 Å². The molecule has 2 rings (SSSR count). The topological polar surface area (TPSA) is 49.3 Å². The maximum absolute atomic E-state index is 11.1. The van der Waals surface area contributed by atoms with E-state index in [1.54, 1.807) is 0 Å². The van der Waals surface area contributed by atoms with Gasteiger partial charge in [-0.3, -0.25) is 4.79 Å². The number of hydrogen-bond acceptors (Lipinski definition) is 2. The molecule has 1 unspecified atom stereocenters. The van der Waals surface area contributed by atoms with E-state index in [1.165, 1.54) is 11.1 Å². The molecular formula is C12H15NO2. The van der Waals surface area contributed by atoms with Crippen molar-refractivity contribution in [2.45, 2.75) is 26.3 Å². The summed E-state index contributed by atoms with van der Waals surface area (Å²) in [5, 5.41) is 12.2. The molecule has 0 saturated heterocycles. The van der Waals surface area contributed by atoms with Crippen molar-refractivity contribution in [3.8, 4) is 0 Å². The molecule has 80 valence electrons. The molecule has 1 heterocycles. The van der Waals surface area contributed by atoms with Gasteiger partial charge in [0, 0.05) is 6.54 Å². The number of aryl methyl sites for hydroxylation is 2. The summed E-state index contributed by atoms with van der Waals surface area (Å²) in [6, 6.07) is 3.61. The Morgan fingerprint density at radius 3 is 2.87 bits per heavy atom. The largest absolute Gasteiger partial charge is 0.480 e. The maximum Gasteiger partial charge on any atom is 0.325 e. The molecule has 0 aromatic heterocycles. The molecule has 1 aliphatic heterocycles. The number of hydrogen-bond donors (Lipinski definition) is 2. The van der Waals surface area contributed by atoms with Crippen molar-refractivity contribution < 1.29 is 9.90 Å². The summed E-state index contributed by atoms with van der Waals surface area (Å²) in [5.41, 5.74) is 4.42. The van der Waals surface area contributed by atoms with E-state index >= 15 is 0 Å². The molecule has 0 aliphatic carbocycles. The maximum atomic E-state index is 11.1. The van der Waals surface area contributed by atoms with Crippen molar-refractivity contribution in [1.29, 1.82) is 0 Å². The first-order chi connectivity index (χ1) is 7.09. The molecular weight excluding hydrogens is 190 g/mol. The standard InChI is InChI=1S/C12H15NO2/c1-7-5-8(2)10-9(6-7)3-4-13-11(10)12(14)15/h5-6,11,13H,3-4H2,1-2H3,(H,14,15). The molecule has 1 aromatic rings. The Morgan fingerprint density at radius 1 is 1.47 bits per heavy atom. The second-order valence-electron chi connectivity index (χ2n) is 4.13. The predicted octanol–water partition coefficient (Wildman–Crippen LogP) is 1.57. The molecule has 3 nitrogen and oxygen atoms in total. The Bertz CT molecular complexity index is 412. The molecule has 0 spiro atoms. The zero-order valence-electron chi connectivity index (χ0n) is 9.00. The highest BCUT2D eigenvalue weighted by Gasteiger charge is 2.27. The summed E-state index contributed by atoms with van der Waals surface area (Å²) >= 11 is 0. The molecule has 0 bridgehead atoms. The lowest BCUT2D eigenvalue weighted by molar-refractivity contribution is -0.139. The van der Waals surface area contributed by atoms with Gasteiger partial charge in [0.05, 0.1) is 0 Å². The van der Waals surface area contributed by atoms with E-state index in [1.807, 2.05) is 19.9 Å². The highest BCUT2D eigenvalue weighted by molar-refractivity contribution is 5.77. The van der Waals surface area contributed by atoms with Crippen molar-refractivity contribution in [3.05, 3.63) is 34.4 Å². The quantitative estimate of drug-likeness (QED) is 0.731. The molecule has 0 amide bonds. The Labute approximate surface area is 89.1 Å². The minimum atomic E-state index is -0.789. The van der Waals surface area contributed by atoms with Gasteiger partial charge in [-0.15, -0.1) is 0 Å². The van der Waals surface area contributed by atoms with Crippen LogP contribution in [0.15, 0.2) is 12.1 Å². The van der Waals surface area contributed by atoms with E-state index in [-0.39, 0.29) is 0 Å². The van der Waals surface area contributed by atoms with E-state index in [0.29, 0.717) is 0 Å². The number of benzene rings is 1. The summed E-state index contributed by atoms with van der Waals surface area (Å²) in [5.74, 6) is -0.789. The number of carbonyl (C=O) groups is 1. The molecule has 1 aliphatic rings. The normalized spacial score (nSPS) is 19.7. The fraction of sp³-hybridized carbons (Fsp3) is 0.417. The van der Waals surface area contributed by atoms with Crippen LogP contribution in [-0.2, 0) is 11.2 Å². The summed E-state index contributed by atoms with van der Waals surface area (Å²) < 4.78 is 0. The van der Waals surface area contributed by atoms with Crippen molar-refractivity contribution in [2.75, 3.05) is 6.54 Å². The molecule has 1 aromatic carbocycles. The summed E-state index contributed by atoms with van der Waals surface area (Å²) in [6.07, 6.45) is 0.918. The van der Waals surface area contributed by atoms with Gasteiger partial charge in [-0.25, -0.2) is 0 Å². The highest BCUT2D eigenvalue weighted by Crippen LogP contribution is 2.27. The fourth-order valence-electron chi connectivity index (χ4n) is 2.35. The van der Waals surface area contributed by atoms with E-state index in [2.05, 4.69) is 11.4 Å². The third-order valence-electron chi connectivity index (χ3n) is 2.90. The van der Waals surface area contributed by atoms with Gasteiger partial charge < -0.3 is 10.4 Å². The number of rotatable bonds is 1. The van der Waals surface area contributed by atoms with Crippen LogP contribution in [0.3, 0.4) is 0 Å². The second kappa shape index (κ2) is 3.66. The van der Waals surface area contributed by atoms with Crippen LogP contribution in [0, 0.1) is 13.8 Å². The first kappa shape index (κ1) is 10.2. The molecule has 3 heteroatoms. The SMILES string of the molecule is Cc1cc(C)c2c(c1)CCNC2C(=O)O. The van der Waals surface area contributed by atoms with Crippen LogP contribution in [-0.4, -0.2) is 17.6 Å². The Hall–Kier alpha value is -1.35.